The lowest BCUT2D eigenvalue weighted by Gasteiger charge is -2.04. The Morgan fingerprint density at radius 3 is 2.81 bits per heavy atom. The molecule has 0 aliphatic rings. The normalized spacial score (nSPS) is 10.2. The molecule has 0 fully saturated rings. The molecule has 110 valence electrons. The molecule has 1 amide bonds. The smallest absolute Gasteiger partial charge is 0.367 e. The Bertz CT molecular complexity index is 687. The van der Waals surface area contributed by atoms with Crippen LogP contribution in [0.2, 0.25) is 0 Å². The van der Waals surface area contributed by atoms with E-state index in [4.69, 9.17) is 4.74 Å². The number of aryl methyl sites for hydroxylation is 1. The van der Waals surface area contributed by atoms with E-state index >= 15 is 0 Å². The van der Waals surface area contributed by atoms with Crippen LogP contribution in [0.15, 0.2) is 22.0 Å². The number of nitrogens with one attached hydrogen (secondary N) is 1. The van der Waals surface area contributed by atoms with E-state index in [0.717, 1.165) is 21.5 Å². The number of rotatable bonds is 4. The monoisotopic (exact) mass is 369 g/mol. The van der Waals surface area contributed by atoms with Crippen molar-refractivity contribution in [1.82, 2.24) is 9.97 Å². The van der Waals surface area contributed by atoms with Crippen LogP contribution in [0.25, 0.3) is 0 Å². The number of carbonyl (C=O) groups is 2. The van der Waals surface area contributed by atoms with Gasteiger partial charge in [0.05, 0.1) is 12.3 Å². The van der Waals surface area contributed by atoms with Crippen molar-refractivity contribution < 1.29 is 14.3 Å². The average molecular weight is 370 g/mol. The lowest BCUT2D eigenvalue weighted by atomic mass is 10.3. The summed E-state index contributed by atoms with van der Waals surface area (Å²) < 4.78 is 5.69. The van der Waals surface area contributed by atoms with E-state index in [1.54, 1.807) is 19.1 Å². The molecule has 6 nitrogen and oxygen atoms in total. The first-order chi connectivity index (χ1) is 10.0. The summed E-state index contributed by atoms with van der Waals surface area (Å²) in [5.74, 6) is -0.526. The van der Waals surface area contributed by atoms with Gasteiger partial charge in [0.2, 0.25) is 5.01 Å². The molecule has 0 bridgehead atoms. The van der Waals surface area contributed by atoms with Gasteiger partial charge < -0.3 is 10.1 Å². The molecule has 0 atom stereocenters. The van der Waals surface area contributed by atoms with Gasteiger partial charge in [0.25, 0.3) is 5.91 Å². The van der Waals surface area contributed by atoms with E-state index < -0.39 is 11.9 Å². The van der Waals surface area contributed by atoms with Crippen molar-refractivity contribution >= 4 is 45.0 Å². The Morgan fingerprint density at radius 2 is 2.14 bits per heavy atom. The summed E-state index contributed by atoms with van der Waals surface area (Å²) in [7, 11) is 0. The van der Waals surface area contributed by atoms with E-state index in [9.17, 15) is 9.59 Å². The molecule has 2 aromatic rings. The van der Waals surface area contributed by atoms with Gasteiger partial charge in [-0.05, 0) is 41.9 Å². The number of aromatic nitrogens is 2. The second-order valence-corrected chi connectivity index (χ2v) is 5.69. The fourth-order valence-corrected chi connectivity index (χ4v) is 2.37. The van der Waals surface area contributed by atoms with E-state index in [1.807, 2.05) is 6.92 Å². The predicted molar refractivity (Wildman–Crippen MR) is 82.7 cm³/mol. The quantitative estimate of drug-likeness (QED) is 0.837. The zero-order valence-corrected chi connectivity index (χ0v) is 13.7. The summed E-state index contributed by atoms with van der Waals surface area (Å²) in [6, 6.07) is 3.47. The van der Waals surface area contributed by atoms with Crippen LogP contribution in [0, 0.1) is 6.92 Å². The van der Waals surface area contributed by atoms with Crippen molar-refractivity contribution in [2.75, 3.05) is 11.9 Å². The maximum atomic E-state index is 12.0. The van der Waals surface area contributed by atoms with E-state index in [1.165, 1.54) is 5.38 Å². The van der Waals surface area contributed by atoms with Crippen LogP contribution in [-0.2, 0) is 4.74 Å². The number of pyridine rings is 1. The lowest BCUT2D eigenvalue weighted by molar-refractivity contribution is 0.0526. The van der Waals surface area contributed by atoms with Gasteiger partial charge in [0, 0.05) is 9.85 Å². The first-order valence-corrected chi connectivity index (χ1v) is 7.75. The molecule has 0 aliphatic carbocycles. The third kappa shape index (κ3) is 3.85. The number of anilines is 1. The Labute approximate surface area is 133 Å². The van der Waals surface area contributed by atoms with Gasteiger partial charge in [-0.1, -0.05) is 0 Å². The minimum absolute atomic E-state index is 0.155. The van der Waals surface area contributed by atoms with E-state index in [2.05, 4.69) is 31.2 Å². The van der Waals surface area contributed by atoms with Gasteiger partial charge >= 0.3 is 5.97 Å². The summed E-state index contributed by atoms with van der Waals surface area (Å²) in [5.41, 5.74) is 0.920. The number of carbonyl (C=O) groups excluding carboxylic acids is 2. The molecule has 21 heavy (non-hydrogen) atoms. The highest BCUT2D eigenvalue weighted by Crippen LogP contribution is 2.17. The molecule has 2 rings (SSSR count). The highest BCUT2D eigenvalue weighted by atomic mass is 79.9. The summed E-state index contributed by atoms with van der Waals surface area (Å²) in [6.45, 7) is 3.80. The van der Waals surface area contributed by atoms with Gasteiger partial charge in [-0.15, -0.1) is 11.3 Å². The standard InChI is InChI=1S/C13H12BrN3O3S/c1-3-20-13(19)12-16-9(6-21-12)11(18)17-10-5-4-8(14)7(2)15-10/h4-6H,3H2,1-2H3,(H,15,17,18). The first-order valence-electron chi connectivity index (χ1n) is 6.08. The van der Waals surface area contributed by atoms with Gasteiger partial charge in [-0.2, -0.15) is 0 Å². The van der Waals surface area contributed by atoms with Gasteiger partial charge in [-0.25, -0.2) is 14.8 Å². The van der Waals surface area contributed by atoms with E-state index in [-0.39, 0.29) is 17.3 Å². The summed E-state index contributed by atoms with van der Waals surface area (Å²) in [6.07, 6.45) is 0. The SMILES string of the molecule is CCOC(=O)c1nc(C(=O)Nc2ccc(Br)c(C)n2)cs1. The molecule has 1 N–H and O–H groups in total. The molecule has 0 saturated carbocycles. The van der Waals surface area contributed by atoms with Crippen molar-refractivity contribution in [3.8, 4) is 0 Å². The molecule has 0 saturated heterocycles. The number of hydrogen-bond donors (Lipinski definition) is 1. The highest BCUT2D eigenvalue weighted by Gasteiger charge is 2.16. The van der Waals surface area contributed by atoms with Crippen molar-refractivity contribution in [1.29, 1.82) is 0 Å². The van der Waals surface area contributed by atoms with Gasteiger partial charge in [-0.3, -0.25) is 4.79 Å². The van der Waals surface area contributed by atoms with Crippen LogP contribution < -0.4 is 5.32 Å². The van der Waals surface area contributed by atoms with E-state index in [0.29, 0.717) is 5.82 Å². The minimum Gasteiger partial charge on any atom is -0.461 e. The van der Waals surface area contributed by atoms with Crippen LogP contribution in [0.5, 0.6) is 0 Å². The van der Waals surface area contributed by atoms with Crippen molar-refractivity contribution in [2.45, 2.75) is 13.8 Å². The molecule has 2 heterocycles. The number of hydrogen-bond acceptors (Lipinski definition) is 6. The molecule has 8 heteroatoms. The number of thiazole rings is 1. The Balaban J connectivity index is 2.10. The molecule has 0 unspecified atom stereocenters. The number of esters is 1. The highest BCUT2D eigenvalue weighted by molar-refractivity contribution is 9.10. The second-order valence-electron chi connectivity index (χ2n) is 3.98. The summed E-state index contributed by atoms with van der Waals surface area (Å²) in [5, 5.41) is 4.29. The number of nitrogens with zero attached hydrogens (tertiary/aromatic N) is 2. The average Bonchev–Trinajstić information content (AvgIpc) is 2.93. The van der Waals surface area contributed by atoms with Crippen molar-refractivity contribution in [3.05, 3.63) is 38.4 Å². The predicted octanol–water partition coefficient (Wildman–Crippen LogP) is 3.04. The molecule has 0 radical (unpaired) electrons. The van der Waals surface area contributed by atoms with Gasteiger partial charge in [0.15, 0.2) is 0 Å². The number of amides is 1. The molecular formula is C13H12BrN3O3S. The maximum Gasteiger partial charge on any atom is 0.367 e. The van der Waals surface area contributed by atoms with Crippen LogP contribution >= 0.6 is 27.3 Å². The third-order valence-electron chi connectivity index (χ3n) is 2.45. The second kappa shape index (κ2) is 6.77. The molecule has 2 aromatic heterocycles. The van der Waals surface area contributed by atoms with Crippen LogP contribution in [-0.4, -0.2) is 28.5 Å². The van der Waals surface area contributed by atoms with Crippen molar-refractivity contribution in [3.63, 3.8) is 0 Å². The number of halogens is 1. The van der Waals surface area contributed by atoms with Crippen LogP contribution in [0.4, 0.5) is 5.82 Å². The number of ether oxygens (including phenoxy) is 1. The van der Waals surface area contributed by atoms with Crippen LogP contribution in [0.3, 0.4) is 0 Å². The molecule has 0 spiro atoms. The fourth-order valence-electron chi connectivity index (χ4n) is 1.46. The summed E-state index contributed by atoms with van der Waals surface area (Å²) in [4.78, 5) is 31.7. The van der Waals surface area contributed by atoms with Gasteiger partial charge in [0.1, 0.15) is 11.5 Å². The molecular weight excluding hydrogens is 358 g/mol. The summed E-state index contributed by atoms with van der Waals surface area (Å²) >= 11 is 4.40. The lowest BCUT2D eigenvalue weighted by Crippen LogP contribution is -2.14. The third-order valence-corrected chi connectivity index (χ3v) is 4.11. The first kappa shape index (κ1) is 15.6. The zero-order valence-electron chi connectivity index (χ0n) is 11.3. The Kier molecular flexibility index (Phi) is 5.03. The van der Waals surface area contributed by atoms with Crippen LogP contribution in [0.1, 0.15) is 32.9 Å². The molecule has 0 aliphatic heterocycles. The Morgan fingerprint density at radius 1 is 1.38 bits per heavy atom. The minimum atomic E-state index is -0.529. The zero-order chi connectivity index (χ0) is 15.4. The fraction of sp³-hybridized carbons (Fsp3) is 0.231. The molecule has 0 aromatic carbocycles. The topological polar surface area (TPSA) is 81.2 Å². The van der Waals surface area contributed by atoms with Crippen molar-refractivity contribution in [2.24, 2.45) is 0 Å². The maximum absolute atomic E-state index is 12.0. The Hall–Kier alpha value is -1.80. The largest absolute Gasteiger partial charge is 0.461 e.